The second kappa shape index (κ2) is 8.87. The predicted molar refractivity (Wildman–Crippen MR) is 119 cm³/mol. The van der Waals surface area contributed by atoms with Gasteiger partial charge in [-0.2, -0.15) is 0 Å². The molecule has 1 saturated heterocycles. The molecule has 1 aromatic carbocycles. The summed E-state index contributed by atoms with van der Waals surface area (Å²) >= 11 is 0. The van der Waals surface area contributed by atoms with Gasteiger partial charge >= 0.3 is 0 Å². The van der Waals surface area contributed by atoms with Gasteiger partial charge in [0.25, 0.3) is 0 Å². The summed E-state index contributed by atoms with van der Waals surface area (Å²) in [6.07, 6.45) is 7.41. The van der Waals surface area contributed by atoms with Gasteiger partial charge in [-0.15, -0.1) is 0 Å². The Morgan fingerprint density at radius 1 is 1.13 bits per heavy atom. The van der Waals surface area contributed by atoms with Crippen molar-refractivity contribution in [2.45, 2.75) is 45.2 Å². The lowest BCUT2D eigenvalue weighted by Crippen LogP contribution is -2.47. The van der Waals surface area contributed by atoms with E-state index < -0.39 is 11.6 Å². The Morgan fingerprint density at radius 2 is 1.94 bits per heavy atom. The van der Waals surface area contributed by atoms with Crippen LogP contribution < -0.4 is 0 Å². The Kier molecular flexibility index (Phi) is 6.19. The highest BCUT2D eigenvalue weighted by atomic mass is 19.1. The fourth-order valence-electron chi connectivity index (χ4n) is 4.56. The van der Waals surface area contributed by atoms with Crippen LogP contribution >= 0.6 is 0 Å². The summed E-state index contributed by atoms with van der Waals surface area (Å²) in [6.45, 7) is 10.2. The summed E-state index contributed by atoms with van der Waals surface area (Å²) in [6, 6.07) is 3.51. The van der Waals surface area contributed by atoms with E-state index in [2.05, 4.69) is 23.3 Å². The largest absolute Gasteiger partial charge is 0.327 e. The lowest BCUT2D eigenvalue weighted by Gasteiger charge is -2.40. The smallest absolute Gasteiger partial charge is 0.130 e. The lowest BCUT2D eigenvalue weighted by atomic mass is 9.95. The predicted octanol–water partition coefficient (Wildman–Crippen LogP) is 5.63. The molecule has 3 heterocycles. The standard InChI is InChI=1S/C25H28F3N3/c1-16-12-22(27)13-20-5-4-17(2)31(18(20)3)25(29-16)15-30-10-8-19(9-11-30)23-14-21(26)6-7-24(23)28/h6-8,12-14,16-17H,3-5,9-11,15H2,1-2H3/b20-13-,22-12+,29-25?. The van der Waals surface area contributed by atoms with Gasteiger partial charge in [0.15, 0.2) is 0 Å². The molecule has 31 heavy (non-hydrogen) atoms. The molecule has 0 spiro atoms. The van der Waals surface area contributed by atoms with Gasteiger partial charge in [-0.1, -0.05) is 12.7 Å². The number of halogens is 3. The van der Waals surface area contributed by atoms with Crippen LogP contribution in [0.4, 0.5) is 13.2 Å². The fraction of sp³-hybridized carbons (Fsp3) is 0.400. The summed E-state index contributed by atoms with van der Waals surface area (Å²) in [5.41, 5.74) is 2.88. The fourth-order valence-corrected chi connectivity index (χ4v) is 4.56. The van der Waals surface area contributed by atoms with E-state index in [1.807, 2.05) is 13.0 Å². The van der Waals surface area contributed by atoms with Crippen LogP contribution in [0.2, 0.25) is 0 Å². The first-order valence-corrected chi connectivity index (χ1v) is 10.8. The number of amidine groups is 1. The second-order valence-electron chi connectivity index (χ2n) is 8.55. The minimum Gasteiger partial charge on any atom is -0.327 e. The molecule has 3 aliphatic heterocycles. The van der Waals surface area contributed by atoms with Gasteiger partial charge in [-0.05, 0) is 74.6 Å². The van der Waals surface area contributed by atoms with Gasteiger partial charge in [0.2, 0.25) is 0 Å². The highest BCUT2D eigenvalue weighted by Gasteiger charge is 2.30. The number of benzene rings is 1. The molecule has 2 unspecified atom stereocenters. The van der Waals surface area contributed by atoms with E-state index in [-0.39, 0.29) is 17.9 Å². The molecule has 4 rings (SSSR count). The quantitative estimate of drug-likeness (QED) is 0.622. The van der Waals surface area contributed by atoms with Crippen molar-refractivity contribution in [3.63, 3.8) is 0 Å². The lowest BCUT2D eigenvalue weighted by molar-refractivity contribution is 0.301. The van der Waals surface area contributed by atoms with Gasteiger partial charge in [0, 0.05) is 30.4 Å². The molecule has 0 saturated carbocycles. The van der Waals surface area contributed by atoms with E-state index >= 15 is 0 Å². The molecule has 2 bridgehead atoms. The first-order chi connectivity index (χ1) is 14.8. The molecule has 1 fully saturated rings. The molecule has 0 aromatic heterocycles. The number of hydrogen-bond donors (Lipinski definition) is 0. The summed E-state index contributed by atoms with van der Waals surface area (Å²) in [5, 5.41) is 0. The van der Waals surface area contributed by atoms with Crippen LogP contribution in [0.3, 0.4) is 0 Å². The first-order valence-electron chi connectivity index (χ1n) is 10.8. The third-order valence-corrected chi connectivity index (χ3v) is 6.21. The van der Waals surface area contributed by atoms with Crippen LogP contribution in [0.25, 0.3) is 5.57 Å². The molecule has 1 aromatic rings. The van der Waals surface area contributed by atoms with Gasteiger partial charge in [-0.25, -0.2) is 13.2 Å². The average Bonchev–Trinajstić information content (AvgIpc) is 2.74. The van der Waals surface area contributed by atoms with Crippen molar-refractivity contribution in [2.24, 2.45) is 4.99 Å². The van der Waals surface area contributed by atoms with Crippen molar-refractivity contribution in [3.8, 4) is 0 Å². The monoisotopic (exact) mass is 427 g/mol. The molecule has 0 N–H and O–H groups in total. The van der Waals surface area contributed by atoms with E-state index in [4.69, 9.17) is 4.99 Å². The molecule has 0 amide bonds. The van der Waals surface area contributed by atoms with E-state index in [9.17, 15) is 13.2 Å². The first kappa shape index (κ1) is 21.6. The van der Waals surface area contributed by atoms with Crippen LogP contribution in [0, 0.1) is 11.6 Å². The molecule has 0 radical (unpaired) electrons. The maximum atomic E-state index is 14.3. The van der Waals surface area contributed by atoms with E-state index in [0.29, 0.717) is 31.6 Å². The van der Waals surface area contributed by atoms with Crippen molar-refractivity contribution in [2.75, 3.05) is 19.6 Å². The Bertz CT molecular complexity index is 1010. The van der Waals surface area contributed by atoms with Gasteiger partial charge in [-0.3, -0.25) is 9.89 Å². The van der Waals surface area contributed by atoms with Gasteiger partial charge < -0.3 is 4.90 Å². The highest BCUT2D eigenvalue weighted by molar-refractivity contribution is 5.87. The average molecular weight is 428 g/mol. The SMILES string of the molecule is C=C1/C2=C\C(F)=C/C(C)N=C(CN3CC=C(c4cc(F)ccc4F)CC3)N1C(C)CC2. The van der Waals surface area contributed by atoms with Gasteiger partial charge in [0.1, 0.15) is 23.3 Å². The van der Waals surface area contributed by atoms with Crippen LogP contribution in [0.1, 0.15) is 38.7 Å². The van der Waals surface area contributed by atoms with Crippen LogP contribution in [0.5, 0.6) is 0 Å². The summed E-state index contributed by atoms with van der Waals surface area (Å²) in [4.78, 5) is 9.19. The van der Waals surface area contributed by atoms with Gasteiger partial charge in [0.05, 0.1) is 12.6 Å². The second-order valence-corrected chi connectivity index (χ2v) is 8.55. The highest BCUT2D eigenvalue weighted by Crippen LogP contribution is 2.33. The number of aliphatic imine (C=N–C) groups is 1. The van der Waals surface area contributed by atoms with Crippen molar-refractivity contribution < 1.29 is 13.2 Å². The zero-order valence-electron chi connectivity index (χ0n) is 18.0. The van der Waals surface area contributed by atoms with Crippen molar-refractivity contribution in [3.05, 3.63) is 77.3 Å². The molecule has 3 aliphatic rings. The van der Waals surface area contributed by atoms with E-state index in [1.54, 1.807) is 6.08 Å². The number of piperidine rings is 1. The topological polar surface area (TPSA) is 18.8 Å². The minimum atomic E-state index is -0.435. The normalized spacial score (nSPS) is 28.4. The Labute approximate surface area is 182 Å². The molecular formula is C25H28F3N3. The number of nitrogens with zero attached hydrogens (tertiary/aromatic N) is 3. The van der Waals surface area contributed by atoms with Crippen LogP contribution in [-0.2, 0) is 0 Å². The zero-order chi connectivity index (χ0) is 22.1. The van der Waals surface area contributed by atoms with E-state index in [0.717, 1.165) is 41.6 Å². The number of allylic oxidation sites excluding steroid dienone is 3. The van der Waals surface area contributed by atoms with Crippen LogP contribution in [0.15, 0.2) is 65.1 Å². The molecule has 2 atom stereocenters. The summed E-state index contributed by atoms with van der Waals surface area (Å²) in [5.74, 6) is -0.237. The Balaban J connectivity index is 1.56. The molecule has 6 heteroatoms. The summed E-state index contributed by atoms with van der Waals surface area (Å²) in [7, 11) is 0. The van der Waals surface area contributed by atoms with E-state index in [1.165, 1.54) is 18.2 Å². The number of rotatable bonds is 3. The third kappa shape index (κ3) is 4.69. The zero-order valence-corrected chi connectivity index (χ0v) is 18.0. The van der Waals surface area contributed by atoms with Crippen LogP contribution in [-0.4, -0.2) is 47.4 Å². The van der Waals surface area contributed by atoms with Crippen molar-refractivity contribution in [1.82, 2.24) is 9.80 Å². The minimum absolute atomic E-state index is 0.231. The third-order valence-electron chi connectivity index (χ3n) is 6.21. The molecular weight excluding hydrogens is 399 g/mol. The maximum absolute atomic E-state index is 14.3. The molecule has 164 valence electrons. The molecule has 0 aliphatic carbocycles. The summed E-state index contributed by atoms with van der Waals surface area (Å²) < 4.78 is 42.1. The van der Waals surface area contributed by atoms with Crippen molar-refractivity contribution >= 4 is 11.4 Å². The Hall–Kier alpha value is -2.60. The Morgan fingerprint density at radius 3 is 2.68 bits per heavy atom. The van der Waals surface area contributed by atoms with Crippen molar-refractivity contribution in [1.29, 1.82) is 0 Å². The maximum Gasteiger partial charge on any atom is 0.130 e. The number of hydrogen-bond acceptors (Lipinski definition) is 3. The number of fused-ring (bicyclic) bond motifs is 2. The molecule has 3 nitrogen and oxygen atoms in total.